The first kappa shape index (κ1) is 19.5. The summed E-state index contributed by atoms with van der Waals surface area (Å²) >= 11 is 0. The minimum Gasteiger partial charge on any atom is -0.370 e. The van der Waals surface area contributed by atoms with Gasteiger partial charge in [-0.1, -0.05) is 18.2 Å². The lowest BCUT2D eigenvalue weighted by Crippen LogP contribution is -2.36. The number of fused-ring (bicyclic) bond motifs is 1. The van der Waals surface area contributed by atoms with Crippen LogP contribution in [0.15, 0.2) is 35.5 Å². The lowest BCUT2D eigenvalue weighted by Gasteiger charge is -2.15. The number of nitrogens with zero attached hydrogens (tertiary/aromatic N) is 1. The van der Waals surface area contributed by atoms with Crippen LogP contribution < -0.4 is 22.9 Å². The fourth-order valence-electron chi connectivity index (χ4n) is 2.94. The molecule has 1 aromatic heterocycles. The Kier molecular flexibility index (Phi) is 6.74. The van der Waals surface area contributed by atoms with Gasteiger partial charge in [-0.15, -0.1) is 0 Å². The number of ketones is 1. The molecular formula is C18H26N6O2. The quantitative estimate of drug-likeness (QED) is 0.231. The van der Waals surface area contributed by atoms with Crippen LogP contribution in [0.4, 0.5) is 0 Å². The van der Waals surface area contributed by atoms with Crippen molar-refractivity contribution in [3.05, 3.63) is 36.0 Å². The van der Waals surface area contributed by atoms with E-state index in [-0.39, 0.29) is 18.2 Å². The molecule has 0 spiro atoms. The Labute approximate surface area is 152 Å². The Morgan fingerprint density at radius 3 is 2.58 bits per heavy atom. The molecule has 0 aliphatic carbocycles. The van der Waals surface area contributed by atoms with E-state index in [1.54, 1.807) is 0 Å². The van der Waals surface area contributed by atoms with Crippen molar-refractivity contribution in [3.8, 4) is 0 Å². The number of nitrogens with one attached hydrogen (secondary N) is 1. The SMILES string of the molecule is NC(=O)C(CCCN=C(N)N)CC(=O)C(N)Cc1c[nH]c2ccccc12. The molecule has 8 heteroatoms. The average molecular weight is 358 g/mol. The number of hydrogen-bond donors (Lipinski definition) is 5. The standard InChI is InChI=1S/C18H26N6O2/c19-14(8-12-10-24-15-6-2-1-5-13(12)15)16(25)9-11(17(20)26)4-3-7-23-18(21)22/h1-2,5-6,10-11,14,24H,3-4,7-9,19H2,(H2,20,26)(H4,21,22,23). The fraction of sp³-hybridized carbons (Fsp3) is 0.389. The molecule has 0 saturated carbocycles. The number of amides is 1. The minimum absolute atomic E-state index is 0.00236. The molecule has 0 fully saturated rings. The Balaban J connectivity index is 1.93. The second kappa shape index (κ2) is 9.00. The molecule has 1 amide bonds. The van der Waals surface area contributed by atoms with Gasteiger partial charge < -0.3 is 27.9 Å². The van der Waals surface area contributed by atoms with Crippen molar-refractivity contribution in [3.63, 3.8) is 0 Å². The second-order valence-electron chi connectivity index (χ2n) is 6.39. The van der Waals surface area contributed by atoms with Crippen molar-refractivity contribution in [2.45, 2.75) is 31.7 Å². The number of Topliss-reactive ketones (excluding diaryl/α,β-unsaturated/α-hetero) is 1. The van der Waals surface area contributed by atoms with Crippen molar-refractivity contribution < 1.29 is 9.59 Å². The van der Waals surface area contributed by atoms with Crippen LogP contribution in [0.2, 0.25) is 0 Å². The lowest BCUT2D eigenvalue weighted by atomic mass is 9.91. The lowest BCUT2D eigenvalue weighted by molar-refractivity contribution is -0.128. The summed E-state index contributed by atoms with van der Waals surface area (Å²) in [4.78, 5) is 31.1. The molecule has 2 aromatic rings. The van der Waals surface area contributed by atoms with Gasteiger partial charge in [-0.25, -0.2) is 0 Å². The van der Waals surface area contributed by atoms with E-state index in [0.29, 0.717) is 25.8 Å². The highest BCUT2D eigenvalue weighted by Gasteiger charge is 2.23. The maximum atomic E-state index is 12.5. The van der Waals surface area contributed by atoms with Crippen LogP contribution in [-0.2, 0) is 16.0 Å². The number of hydrogen-bond acceptors (Lipinski definition) is 4. The fourth-order valence-corrected chi connectivity index (χ4v) is 2.94. The zero-order chi connectivity index (χ0) is 19.1. The normalized spacial score (nSPS) is 13.3. The molecule has 2 rings (SSSR count). The molecule has 2 unspecified atom stereocenters. The van der Waals surface area contributed by atoms with Gasteiger partial charge >= 0.3 is 0 Å². The molecule has 0 radical (unpaired) electrons. The average Bonchev–Trinajstić information content (AvgIpc) is 3.00. The minimum atomic E-state index is -0.686. The summed E-state index contributed by atoms with van der Waals surface area (Å²) in [6.45, 7) is 0.391. The molecule has 0 aliphatic rings. The zero-order valence-electron chi connectivity index (χ0n) is 14.7. The van der Waals surface area contributed by atoms with Gasteiger partial charge in [0.05, 0.1) is 6.04 Å². The highest BCUT2D eigenvalue weighted by atomic mass is 16.1. The van der Waals surface area contributed by atoms with E-state index in [9.17, 15) is 9.59 Å². The highest BCUT2D eigenvalue weighted by Crippen LogP contribution is 2.20. The molecular weight excluding hydrogens is 332 g/mol. The number of primary amides is 1. The van der Waals surface area contributed by atoms with E-state index in [0.717, 1.165) is 16.5 Å². The van der Waals surface area contributed by atoms with E-state index in [2.05, 4.69) is 9.98 Å². The number of benzene rings is 1. The summed E-state index contributed by atoms with van der Waals surface area (Å²) in [7, 11) is 0. The van der Waals surface area contributed by atoms with Crippen molar-refractivity contribution in [1.29, 1.82) is 0 Å². The second-order valence-corrected chi connectivity index (χ2v) is 6.39. The van der Waals surface area contributed by atoms with Crippen molar-refractivity contribution >= 4 is 28.6 Å². The van der Waals surface area contributed by atoms with Crippen molar-refractivity contribution in [2.24, 2.45) is 33.8 Å². The zero-order valence-corrected chi connectivity index (χ0v) is 14.7. The van der Waals surface area contributed by atoms with Crippen LogP contribution in [0.25, 0.3) is 10.9 Å². The van der Waals surface area contributed by atoms with Gasteiger partial charge in [-0.05, 0) is 30.9 Å². The van der Waals surface area contributed by atoms with Crippen LogP contribution in [0.3, 0.4) is 0 Å². The van der Waals surface area contributed by atoms with Gasteiger partial charge in [0.1, 0.15) is 0 Å². The molecule has 9 N–H and O–H groups in total. The van der Waals surface area contributed by atoms with E-state index in [4.69, 9.17) is 22.9 Å². The van der Waals surface area contributed by atoms with E-state index in [1.807, 2.05) is 30.5 Å². The van der Waals surface area contributed by atoms with Gasteiger partial charge in [-0.3, -0.25) is 14.6 Å². The molecule has 0 bridgehead atoms. The van der Waals surface area contributed by atoms with E-state index in [1.165, 1.54) is 0 Å². The molecule has 1 heterocycles. The number of aliphatic imine (C=N–C) groups is 1. The number of rotatable bonds is 10. The summed E-state index contributed by atoms with van der Waals surface area (Å²) in [6, 6.07) is 7.13. The number of aromatic amines is 1. The number of aromatic nitrogens is 1. The summed E-state index contributed by atoms with van der Waals surface area (Å²) < 4.78 is 0. The summed E-state index contributed by atoms with van der Waals surface area (Å²) in [5.74, 6) is -1.26. The first-order valence-corrected chi connectivity index (χ1v) is 8.56. The van der Waals surface area contributed by atoms with Gasteiger partial charge in [0.15, 0.2) is 11.7 Å². The number of para-hydroxylation sites is 1. The molecule has 8 nitrogen and oxygen atoms in total. The third kappa shape index (κ3) is 5.32. The van der Waals surface area contributed by atoms with Gasteiger partial charge in [-0.2, -0.15) is 0 Å². The number of nitrogens with two attached hydrogens (primary N) is 4. The summed E-state index contributed by atoms with van der Waals surface area (Å²) in [5, 5.41) is 1.04. The molecule has 0 aliphatic heterocycles. The first-order valence-electron chi connectivity index (χ1n) is 8.56. The first-order chi connectivity index (χ1) is 12.4. The Morgan fingerprint density at radius 2 is 1.88 bits per heavy atom. The third-order valence-corrected chi connectivity index (χ3v) is 4.38. The Morgan fingerprint density at radius 1 is 1.15 bits per heavy atom. The van der Waals surface area contributed by atoms with Crippen LogP contribution in [-0.4, -0.2) is 35.2 Å². The maximum Gasteiger partial charge on any atom is 0.220 e. The largest absolute Gasteiger partial charge is 0.370 e. The summed E-state index contributed by atoms with van der Waals surface area (Å²) in [6.07, 6.45) is 3.30. The predicted molar refractivity (Wildman–Crippen MR) is 102 cm³/mol. The van der Waals surface area contributed by atoms with E-state index >= 15 is 0 Å². The number of carbonyl (C=O) groups excluding carboxylic acids is 2. The molecule has 1 aromatic carbocycles. The number of carbonyl (C=O) groups is 2. The maximum absolute atomic E-state index is 12.5. The molecule has 2 atom stereocenters. The smallest absolute Gasteiger partial charge is 0.220 e. The van der Waals surface area contributed by atoms with Gasteiger partial charge in [0.25, 0.3) is 0 Å². The molecule has 0 saturated heterocycles. The highest BCUT2D eigenvalue weighted by molar-refractivity contribution is 5.90. The van der Waals surface area contributed by atoms with Crippen LogP contribution in [0.1, 0.15) is 24.8 Å². The van der Waals surface area contributed by atoms with Gasteiger partial charge in [0, 0.05) is 36.0 Å². The predicted octanol–water partition coefficient (Wildman–Crippen LogP) is 0.152. The monoisotopic (exact) mass is 358 g/mol. The number of guanidine groups is 1. The third-order valence-electron chi connectivity index (χ3n) is 4.38. The summed E-state index contributed by atoms with van der Waals surface area (Å²) in [5.41, 5.74) is 24.0. The topological polar surface area (TPSA) is 166 Å². The Hall–Kier alpha value is -2.87. The van der Waals surface area contributed by atoms with Crippen molar-refractivity contribution in [2.75, 3.05) is 6.54 Å². The van der Waals surface area contributed by atoms with Crippen LogP contribution in [0.5, 0.6) is 0 Å². The van der Waals surface area contributed by atoms with Gasteiger partial charge in [0.2, 0.25) is 5.91 Å². The van der Waals surface area contributed by atoms with Crippen LogP contribution >= 0.6 is 0 Å². The van der Waals surface area contributed by atoms with Crippen LogP contribution in [0, 0.1) is 5.92 Å². The number of H-pyrrole nitrogens is 1. The van der Waals surface area contributed by atoms with E-state index < -0.39 is 17.9 Å². The molecule has 140 valence electrons. The van der Waals surface area contributed by atoms with Crippen molar-refractivity contribution in [1.82, 2.24) is 4.98 Å². The Bertz CT molecular complexity index is 794. The molecule has 26 heavy (non-hydrogen) atoms.